The zero-order valence-electron chi connectivity index (χ0n) is 10.0. The van der Waals surface area contributed by atoms with Crippen LogP contribution in [0.3, 0.4) is 0 Å². The third-order valence-corrected chi connectivity index (χ3v) is 2.61. The molecule has 0 aliphatic carbocycles. The van der Waals surface area contributed by atoms with Gasteiger partial charge in [-0.3, -0.25) is 5.10 Å². The molecule has 18 heavy (non-hydrogen) atoms. The molecule has 0 bridgehead atoms. The van der Waals surface area contributed by atoms with E-state index in [9.17, 15) is 4.79 Å². The number of aromatic nitrogens is 4. The average Bonchev–Trinajstić information content (AvgIpc) is 2.73. The monoisotopic (exact) mass is 264 g/mol. The summed E-state index contributed by atoms with van der Waals surface area (Å²) >= 11 is 4.91. The summed E-state index contributed by atoms with van der Waals surface area (Å²) in [5.41, 5.74) is 1.10. The summed E-state index contributed by atoms with van der Waals surface area (Å²) < 4.78 is 7.03. The van der Waals surface area contributed by atoms with Crippen LogP contribution in [0.4, 0.5) is 0 Å². The van der Waals surface area contributed by atoms with Crippen LogP contribution in [0.25, 0.3) is 5.82 Å². The van der Waals surface area contributed by atoms with E-state index in [0.29, 0.717) is 28.3 Å². The highest BCUT2D eigenvalue weighted by molar-refractivity contribution is 7.71. The second-order valence-corrected chi connectivity index (χ2v) is 4.00. The van der Waals surface area contributed by atoms with Crippen LogP contribution in [0, 0.1) is 11.6 Å². The Labute approximate surface area is 109 Å². The minimum Gasteiger partial charge on any atom is -0.462 e. The van der Waals surface area contributed by atoms with Crippen LogP contribution in [0.2, 0.25) is 0 Å². The highest BCUT2D eigenvalue weighted by atomic mass is 32.1. The molecule has 94 valence electrons. The SMILES string of the molecule is CCOC(=O)c1cnn(-c2ccc(=S)[nH]n2)c1C. The fraction of sp³-hybridized carbons (Fsp3) is 0.273. The van der Waals surface area contributed by atoms with Crippen LogP contribution in [-0.4, -0.2) is 32.6 Å². The van der Waals surface area contributed by atoms with Crippen LogP contribution in [-0.2, 0) is 4.74 Å². The number of rotatable bonds is 3. The van der Waals surface area contributed by atoms with Gasteiger partial charge in [0.05, 0.1) is 18.5 Å². The Morgan fingerprint density at radius 2 is 2.33 bits per heavy atom. The van der Waals surface area contributed by atoms with Crippen molar-refractivity contribution in [3.05, 3.63) is 34.2 Å². The van der Waals surface area contributed by atoms with Gasteiger partial charge in [-0.15, -0.1) is 0 Å². The van der Waals surface area contributed by atoms with Crippen LogP contribution in [0.15, 0.2) is 18.3 Å². The molecule has 2 heterocycles. The van der Waals surface area contributed by atoms with Gasteiger partial charge in [-0.1, -0.05) is 12.2 Å². The zero-order chi connectivity index (χ0) is 13.1. The lowest BCUT2D eigenvalue weighted by molar-refractivity contribution is 0.0525. The predicted molar refractivity (Wildman–Crippen MR) is 67.2 cm³/mol. The van der Waals surface area contributed by atoms with Crippen LogP contribution in [0.1, 0.15) is 23.0 Å². The number of H-pyrrole nitrogens is 1. The first-order chi connectivity index (χ1) is 8.63. The molecular weight excluding hydrogens is 252 g/mol. The first kappa shape index (κ1) is 12.4. The third kappa shape index (κ3) is 2.30. The molecule has 7 heteroatoms. The van der Waals surface area contributed by atoms with Crippen molar-refractivity contribution in [1.29, 1.82) is 0 Å². The van der Waals surface area contributed by atoms with Gasteiger partial charge in [0.25, 0.3) is 0 Å². The number of ether oxygens (including phenoxy) is 1. The minimum absolute atomic E-state index is 0.333. The molecule has 0 aromatic carbocycles. The van der Waals surface area contributed by atoms with E-state index in [-0.39, 0.29) is 5.97 Å². The number of aromatic amines is 1. The molecule has 0 unspecified atom stereocenters. The topological polar surface area (TPSA) is 72.8 Å². The average molecular weight is 264 g/mol. The van der Waals surface area contributed by atoms with Crippen LogP contribution in [0.5, 0.6) is 0 Å². The summed E-state index contributed by atoms with van der Waals surface area (Å²) in [6.45, 7) is 3.87. The first-order valence-electron chi connectivity index (χ1n) is 5.41. The number of hydrogen-bond donors (Lipinski definition) is 1. The summed E-state index contributed by atoms with van der Waals surface area (Å²) in [5, 5.41) is 10.8. The van der Waals surface area contributed by atoms with Crippen molar-refractivity contribution in [3.63, 3.8) is 0 Å². The molecule has 6 nitrogen and oxygen atoms in total. The summed E-state index contributed by atoms with van der Waals surface area (Å²) in [5.74, 6) is 0.182. The molecule has 0 fully saturated rings. The van der Waals surface area contributed by atoms with E-state index >= 15 is 0 Å². The Hall–Kier alpha value is -2.02. The molecule has 0 saturated carbocycles. The van der Waals surface area contributed by atoms with Gasteiger partial charge in [0, 0.05) is 0 Å². The Balaban J connectivity index is 2.39. The Morgan fingerprint density at radius 3 is 2.94 bits per heavy atom. The molecule has 2 rings (SSSR count). The largest absolute Gasteiger partial charge is 0.462 e. The van der Waals surface area contributed by atoms with Crippen LogP contribution < -0.4 is 0 Å². The van der Waals surface area contributed by atoms with E-state index in [0.717, 1.165) is 0 Å². The lowest BCUT2D eigenvalue weighted by Crippen LogP contribution is -2.07. The fourth-order valence-corrected chi connectivity index (χ4v) is 1.62. The van der Waals surface area contributed by atoms with E-state index in [2.05, 4.69) is 15.3 Å². The fourth-order valence-electron chi connectivity index (χ4n) is 1.50. The van der Waals surface area contributed by atoms with Gasteiger partial charge in [0.15, 0.2) is 5.82 Å². The van der Waals surface area contributed by atoms with Crippen molar-refractivity contribution in [2.75, 3.05) is 6.61 Å². The van der Waals surface area contributed by atoms with E-state index < -0.39 is 0 Å². The van der Waals surface area contributed by atoms with Crippen molar-refractivity contribution >= 4 is 18.2 Å². The second-order valence-electron chi connectivity index (χ2n) is 3.56. The number of hydrogen-bond acceptors (Lipinski definition) is 5. The summed E-state index contributed by atoms with van der Waals surface area (Å²) in [4.78, 5) is 11.6. The van der Waals surface area contributed by atoms with Crippen molar-refractivity contribution in [2.24, 2.45) is 0 Å². The van der Waals surface area contributed by atoms with E-state index in [1.165, 1.54) is 6.20 Å². The molecule has 0 amide bonds. The van der Waals surface area contributed by atoms with Gasteiger partial charge in [-0.05, 0) is 26.0 Å². The Kier molecular flexibility index (Phi) is 3.52. The van der Waals surface area contributed by atoms with Crippen molar-refractivity contribution in [2.45, 2.75) is 13.8 Å². The van der Waals surface area contributed by atoms with Gasteiger partial charge in [-0.2, -0.15) is 10.2 Å². The molecular formula is C11H12N4O2S. The highest BCUT2D eigenvalue weighted by Gasteiger charge is 2.16. The molecule has 2 aromatic heterocycles. The standard InChI is InChI=1S/C11H12N4O2S/c1-3-17-11(16)8-6-12-15(7(8)2)9-4-5-10(18)14-13-9/h4-6H,3H2,1-2H3,(H,14,18). The molecule has 0 radical (unpaired) electrons. The minimum atomic E-state index is -0.384. The summed E-state index contributed by atoms with van der Waals surface area (Å²) in [7, 11) is 0. The Bertz CT molecular complexity index is 612. The first-order valence-corrected chi connectivity index (χ1v) is 5.82. The van der Waals surface area contributed by atoms with E-state index in [1.807, 2.05) is 0 Å². The molecule has 0 aliphatic heterocycles. The number of nitrogens with zero attached hydrogens (tertiary/aromatic N) is 3. The van der Waals surface area contributed by atoms with Crippen molar-refractivity contribution in [3.8, 4) is 5.82 Å². The molecule has 0 spiro atoms. The normalized spacial score (nSPS) is 10.3. The third-order valence-electron chi connectivity index (χ3n) is 2.39. The highest BCUT2D eigenvalue weighted by Crippen LogP contribution is 2.12. The summed E-state index contributed by atoms with van der Waals surface area (Å²) in [6, 6.07) is 3.44. The quantitative estimate of drug-likeness (QED) is 0.676. The van der Waals surface area contributed by atoms with Gasteiger partial charge in [0.1, 0.15) is 10.2 Å². The smallest absolute Gasteiger partial charge is 0.341 e. The number of carbonyl (C=O) groups is 1. The van der Waals surface area contributed by atoms with Gasteiger partial charge < -0.3 is 4.74 Å². The molecule has 0 aliphatic rings. The lowest BCUT2D eigenvalue weighted by atomic mass is 10.2. The molecule has 0 saturated heterocycles. The lowest BCUT2D eigenvalue weighted by Gasteiger charge is -2.03. The van der Waals surface area contributed by atoms with Gasteiger partial charge >= 0.3 is 5.97 Å². The van der Waals surface area contributed by atoms with Crippen molar-refractivity contribution < 1.29 is 9.53 Å². The van der Waals surface area contributed by atoms with Crippen LogP contribution >= 0.6 is 12.2 Å². The maximum absolute atomic E-state index is 11.6. The zero-order valence-corrected chi connectivity index (χ0v) is 10.8. The number of esters is 1. The number of nitrogens with one attached hydrogen (secondary N) is 1. The maximum Gasteiger partial charge on any atom is 0.341 e. The molecule has 1 N–H and O–H groups in total. The second kappa shape index (κ2) is 5.09. The predicted octanol–water partition coefficient (Wildman–Crippen LogP) is 1.81. The maximum atomic E-state index is 11.6. The summed E-state index contributed by atoms with van der Waals surface area (Å²) in [6.07, 6.45) is 1.47. The van der Waals surface area contributed by atoms with Crippen molar-refractivity contribution in [1.82, 2.24) is 20.0 Å². The molecule has 0 atom stereocenters. The van der Waals surface area contributed by atoms with E-state index in [1.54, 1.807) is 30.7 Å². The Morgan fingerprint density at radius 1 is 1.56 bits per heavy atom. The number of carbonyl (C=O) groups excluding carboxylic acids is 1. The van der Waals surface area contributed by atoms with Gasteiger partial charge in [0.2, 0.25) is 0 Å². The van der Waals surface area contributed by atoms with Gasteiger partial charge in [-0.25, -0.2) is 9.48 Å². The van der Waals surface area contributed by atoms with E-state index in [4.69, 9.17) is 17.0 Å². The molecule has 2 aromatic rings.